The molecule has 4 rings (SSSR count). The molecule has 1 fully saturated rings. The minimum atomic E-state index is -4.72. The molecular weight excluding hydrogens is 414 g/mol. The monoisotopic (exact) mass is 440 g/mol. The molecule has 0 saturated heterocycles. The molecule has 2 aromatic rings. The number of ether oxygens (including phenoxy) is 1. The number of sulfonamides is 1. The highest BCUT2D eigenvalue weighted by Crippen LogP contribution is 2.32. The van der Waals surface area contributed by atoms with E-state index in [1.54, 1.807) is 24.7 Å². The van der Waals surface area contributed by atoms with Crippen LogP contribution in [0.25, 0.3) is 0 Å². The molecule has 2 heterocycles. The van der Waals surface area contributed by atoms with Crippen molar-refractivity contribution in [2.75, 3.05) is 18.1 Å². The van der Waals surface area contributed by atoms with Gasteiger partial charge in [0, 0.05) is 25.0 Å². The van der Waals surface area contributed by atoms with Gasteiger partial charge in [-0.25, -0.2) is 13.4 Å². The number of aromatic nitrogens is 2. The highest BCUT2D eigenvalue weighted by molar-refractivity contribution is 7.89. The highest BCUT2D eigenvalue weighted by Gasteiger charge is 2.38. The molecule has 30 heavy (non-hydrogen) atoms. The van der Waals surface area contributed by atoms with Crippen molar-refractivity contribution in [1.29, 1.82) is 0 Å². The molecule has 1 aliphatic carbocycles. The normalized spacial score (nSPS) is 21.2. The third-order valence-electron chi connectivity index (χ3n) is 5.81. The van der Waals surface area contributed by atoms with E-state index in [1.165, 1.54) is 0 Å². The van der Waals surface area contributed by atoms with Gasteiger partial charge in [-0.1, -0.05) is 31.0 Å². The Morgan fingerprint density at radius 2 is 2.00 bits per heavy atom. The van der Waals surface area contributed by atoms with Crippen LogP contribution in [0, 0.1) is 0 Å². The van der Waals surface area contributed by atoms with Crippen molar-refractivity contribution in [2.45, 2.75) is 56.7 Å². The number of H-pyrrole nitrogens is 1. The van der Waals surface area contributed by atoms with Crippen molar-refractivity contribution >= 4 is 15.7 Å². The van der Waals surface area contributed by atoms with Crippen LogP contribution in [0.2, 0.25) is 0 Å². The van der Waals surface area contributed by atoms with Gasteiger partial charge >= 0.3 is 5.76 Å². The molecule has 7 nitrogen and oxygen atoms in total. The topological polar surface area (TPSA) is 78.5 Å². The van der Waals surface area contributed by atoms with Crippen LogP contribution in [0.1, 0.15) is 36.9 Å². The second-order valence-electron chi connectivity index (χ2n) is 7.83. The van der Waals surface area contributed by atoms with Crippen LogP contribution in [0.4, 0.5) is 14.5 Å². The molecule has 164 valence electrons. The lowest BCUT2D eigenvalue weighted by atomic mass is 10.1. The quantitative estimate of drug-likeness (QED) is 0.716. The van der Waals surface area contributed by atoms with E-state index in [1.807, 2.05) is 17.0 Å². The molecule has 1 aromatic heterocycles. The van der Waals surface area contributed by atoms with Gasteiger partial charge in [0.1, 0.15) is 0 Å². The van der Waals surface area contributed by atoms with Gasteiger partial charge in [-0.15, -0.1) is 0 Å². The van der Waals surface area contributed by atoms with E-state index in [0.717, 1.165) is 41.4 Å². The fraction of sp³-hybridized carbons (Fsp3) is 0.550. The van der Waals surface area contributed by atoms with E-state index in [-0.39, 0.29) is 25.8 Å². The number of alkyl halides is 2. The molecule has 1 aromatic carbocycles. The van der Waals surface area contributed by atoms with Gasteiger partial charge in [0.05, 0.1) is 37.3 Å². The molecule has 0 radical (unpaired) electrons. The summed E-state index contributed by atoms with van der Waals surface area (Å²) in [6.07, 6.45) is 7.60. The molecule has 0 spiro atoms. The van der Waals surface area contributed by atoms with Crippen LogP contribution in [-0.2, 0) is 27.8 Å². The molecule has 0 amide bonds. The van der Waals surface area contributed by atoms with Crippen molar-refractivity contribution in [3.8, 4) is 0 Å². The van der Waals surface area contributed by atoms with Crippen LogP contribution in [0.3, 0.4) is 0 Å². The van der Waals surface area contributed by atoms with Crippen molar-refractivity contribution in [1.82, 2.24) is 14.3 Å². The van der Waals surface area contributed by atoms with Crippen LogP contribution < -0.4 is 4.90 Å². The zero-order valence-electron chi connectivity index (χ0n) is 16.6. The molecule has 0 unspecified atom stereocenters. The maximum Gasteiger partial charge on any atom is 0.350 e. The first kappa shape index (κ1) is 21.2. The summed E-state index contributed by atoms with van der Waals surface area (Å²) in [5.41, 5.74) is 2.35. The third-order valence-corrected chi connectivity index (χ3v) is 7.26. The Kier molecular flexibility index (Phi) is 6.35. The number of anilines is 1. The lowest BCUT2D eigenvalue weighted by molar-refractivity contribution is 0.0446. The minimum absolute atomic E-state index is 0.0673. The second kappa shape index (κ2) is 8.99. The smallest absolute Gasteiger partial charge is 0.350 e. The van der Waals surface area contributed by atoms with Gasteiger partial charge in [0.15, 0.2) is 0 Å². The Hall–Kier alpha value is -2.04. The van der Waals surface area contributed by atoms with Crippen LogP contribution in [0.5, 0.6) is 0 Å². The SMILES string of the molecule is O=S(=O)(C(F)F)N1Cc2ccccc2N(Cc2cnc[nH]2)[C@H](COC2CCCC2)C1. The molecule has 1 N–H and O–H groups in total. The Balaban J connectivity index is 1.68. The number of hydrogen-bond donors (Lipinski definition) is 1. The Labute approximate surface area is 175 Å². The third kappa shape index (κ3) is 4.50. The standard InChI is InChI=1S/C20H26F2N4O3S/c21-20(22)30(27,28)25-10-15-5-1-4-8-19(15)26(11-16-9-23-14-24-16)17(12-25)13-29-18-6-2-3-7-18/h1,4-5,8-9,14,17-18,20H,2-3,6-7,10-13H2,(H,23,24)/t17-/m0/s1. The van der Waals surface area contributed by atoms with Gasteiger partial charge in [-0.3, -0.25) is 0 Å². The predicted octanol–water partition coefficient (Wildman–Crippen LogP) is 3.11. The Bertz CT molecular complexity index is 933. The fourth-order valence-electron chi connectivity index (χ4n) is 4.23. The number of imidazole rings is 1. The summed E-state index contributed by atoms with van der Waals surface area (Å²) >= 11 is 0. The lowest BCUT2D eigenvalue weighted by Crippen LogP contribution is -2.47. The van der Waals surface area contributed by atoms with Gasteiger partial charge in [0.25, 0.3) is 10.0 Å². The second-order valence-corrected chi connectivity index (χ2v) is 9.73. The first-order chi connectivity index (χ1) is 14.4. The van der Waals surface area contributed by atoms with Crippen molar-refractivity contribution in [2.24, 2.45) is 0 Å². The first-order valence-corrected chi connectivity index (χ1v) is 11.7. The average Bonchev–Trinajstić information content (AvgIpc) is 3.40. The van der Waals surface area contributed by atoms with E-state index in [9.17, 15) is 17.2 Å². The van der Waals surface area contributed by atoms with Crippen molar-refractivity contribution < 1.29 is 21.9 Å². The number of para-hydroxylation sites is 1. The van der Waals surface area contributed by atoms with E-state index in [4.69, 9.17) is 4.74 Å². The summed E-state index contributed by atoms with van der Waals surface area (Å²) < 4.78 is 58.5. The summed E-state index contributed by atoms with van der Waals surface area (Å²) in [5.74, 6) is -3.46. The summed E-state index contributed by atoms with van der Waals surface area (Å²) in [5, 5.41) is 0. The van der Waals surface area contributed by atoms with Crippen LogP contribution in [0.15, 0.2) is 36.8 Å². The van der Waals surface area contributed by atoms with E-state index in [2.05, 4.69) is 9.97 Å². The molecule has 0 bridgehead atoms. The summed E-state index contributed by atoms with van der Waals surface area (Å²) in [6, 6.07) is 6.92. The maximum atomic E-state index is 13.4. The van der Waals surface area contributed by atoms with Crippen molar-refractivity contribution in [3.63, 3.8) is 0 Å². The number of halogens is 2. The maximum absolute atomic E-state index is 13.4. The van der Waals surface area contributed by atoms with E-state index in [0.29, 0.717) is 12.1 Å². The summed E-state index contributed by atoms with van der Waals surface area (Å²) in [7, 11) is -4.72. The predicted molar refractivity (Wildman–Crippen MR) is 109 cm³/mol. The number of nitrogens with zero attached hydrogens (tertiary/aromatic N) is 3. The highest BCUT2D eigenvalue weighted by atomic mass is 32.2. The van der Waals surface area contributed by atoms with E-state index >= 15 is 0 Å². The zero-order chi connectivity index (χ0) is 21.1. The minimum Gasteiger partial charge on any atom is -0.376 e. The molecule has 2 aliphatic rings. The molecule has 10 heteroatoms. The Morgan fingerprint density at radius 3 is 2.70 bits per heavy atom. The van der Waals surface area contributed by atoms with Gasteiger partial charge < -0.3 is 14.6 Å². The Morgan fingerprint density at radius 1 is 1.23 bits per heavy atom. The molecular formula is C20H26F2N4O3S. The van der Waals surface area contributed by atoms with Crippen LogP contribution in [-0.4, -0.2) is 53.7 Å². The van der Waals surface area contributed by atoms with Gasteiger partial charge in [0.2, 0.25) is 0 Å². The van der Waals surface area contributed by atoms with E-state index < -0.39 is 21.8 Å². The largest absolute Gasteiger partial charge is 0.376 e. The zero-order valence-corrected chi connectivity index (χ0v) is 17.4. The molecule has 1 atom stereocenters. The number of nitrogens with one attached hydrogen (secondary N) is 1. The summed E-state index contributed by atoms with van der Waals surface area (Å²) in [4.78, 5) is 9.17. The average molecular weight is 441 g/mol. The molecule has 1 aliphatic heterocycles. The van der Waals surface area contributed by atoms with Crippen molar-refractivity contribution in [3.05, 3.63) is 48.0 Å². The first-order valence-electron chi connectivity index (χ1n) is 10.2. The summed E-state index contributed by atoms with van der Waals surface area (Å²) in [6.45, 7) is 0.547. The van der Waals surface area contributed by atoms with Gasteiger partial charge in [-0.2, -0.15) is 13.1 Å². The lowest BCUT2D eigenvalue weighted by Gasteiger charge is -2.34. The number of fused-ring (bicyclic) bond motifs is 1. The van der Waals surface area contributed by atoms with Gasteiger partial charge in [-0.05, 0) is 24.5 Å². The number of benzene rings is 1. The number of rotatable bonds is 7. The number of hydrogen-bond acceptors (Lipinski definition) is 5. The fourth-order valence-corrected chi connectivity index (χ4v) is 5.15. The van der Waals surface area contributed by atoms with Crippen LogP contribution >= 0.6 is 0 Å². The number of aromatic amines is 1. The molecule has 1 saturated carbocycles.